The van der Waals surface area contributed by atoms with Crippen LogP contribution in [0.5, 0.6) is 0 Å². The zero-order valence-corrected chi connectivity index (χ0v) is 21.7. The molecular formula is C26H31N3O6S. The Bertz CT molecular complexity index is 1360. The molecule has 1 aliphatic heterocycles. The Labute approximate surface area is 211 Å². The fourth-order valence-corrected chi connectivity index (χ4v) is 5.73. The number of hydrogen-bond donors (Lipinski definition) is 0. The van der Waals surface area contributed by atoms with Crippen molar-refractivity contribution in [1.82, 2.24) is 13.8 Å². The molecule has 0 saturated carbocycles. The van der Waals surface area contributed by atoms with Crippen LogP contribution in [-0.2, 0) is 30.8 Å². The molecule has 4 rings (SSSR count). The van der Waals surface area contributed by atoms with E-state index in [1.54, 1.807) is 69.4 Å². The Morgan fingerprint density at radius 2 is 1.72 bits per heavy atom. The van der Waals surface area contributed by atoms with E-state index in [1.165, 1.54) is 16.0 Å². The maximum Gasteiger partial charge on any atom is 0.411 e. The summed E-state index contributed by atoms with van der Waals surface area (Å²) in [5.74, 6) is -0.510. The number of amides is 1. The first-order valence-corrected chi connectivity index (χ1v) is 13.1. The standard InChI is InChI=1S/C26H31N3O6S/c1-26(2,3)35-25(31)28-16-15-27(18-23(28)24(30)34-4)17-19-9-8-12-22-21(19)13-14-29(22)36(32,33)20-10-6-5-7-11-20/h5-14,23H,15-18H2,1-4H3. The van der Waals surface area contributed by atoms with Crippen molar-refractivity contribution in [1.29, 1.82) is 0 Å². The van der Waals surface area contributed by atoms with E-state index in [2.05, 4.69) is 4.90 Å². The van der Waals surface area contributed by atoms with Crippen LogP contribution in [0.4, 0.5) is 4.79 Å². The molecule has 36 heavy (non-hydrogen) atoms. The normalized spacial score (nSPS) is 17.2. The van der Waals surface area contributed by atoms with Gasteiger partial charge in [0.2, 0.25) is 0 Å². The predicted molar refractivity (Wildman–Crippen MR) is 135 cm³/mol. The van der Waals surface area contributed by atoms with Gasteiger partial charge < -0.3 is 9.47 Å². The van der Waals surface area contributed by atoms with Crippen LogP contribution in [0, 0.1) is 0 Å². The summed E-state index contributed by atoms with van der Waals surface area (Å²) >= 11 is 0. The number of esters is 1. The number of ether oxygens (including phenoxy) is 2. The molecule has 1 aromatic heterocycles. The van der Waals surface area contributed by atoms with Gasteiger partial charge in [0.1, 0.15) is 11.6 Å². The topological polar surface area (TPSA) is 98.1 Å². The summed E-state index contributed by atoms with van der Waals surface area (Å²) in [6.07, 6.45) is 1.01. The summed E-state index contributed by atoms with van der Waals surface area (Å²) < 4.78 is 38.2. The molecule has 1 saturated heterocycles. The maximum absolute atomic E-state index is 13.2. The minimum absolute atomic E-state index is 0.215. The average Bonchev–Trinajstić information content (AvgIpc) is 3.29. The molecule has 2 aromatic carbocycles. The van der Waals surface area contributed by atoms with Crippen LogP contribution in [0.15, 0.2) is 65.7 Å². The highest BCUT2D eigenvalue weighted by molar-refractivity contribution is 7.90. The molecule has 1 aliphatic rings. The lowest BCUT2D eigenvalue weighted by atomic mass is 10.1. The van der Waals surface area contributed by atoms with Crippen LogP contribution in [0.1, 0.15) is 26.3 Å². The third-order valence-electron chi connectivity index (χ3n) is 6.05. The second-order valence-electron chi connectivity index (χ2n) is 9.73. The molecule has 10 heteroatoms. The van der Waals surface area contributed by atoms with Gasteiger partial charge in [0, 0.05) is 37.8 Å². The van der Waals surface area contributed by atoms with Crippen molar-refractivity contribution in [3.05, 3.63) is 66.4 Å². The molecular weight excluding hydrogens is 482 g/mol. The number of carbonyl (C=O) groups excluding carboxylic acids is 2. The van der Waals surface area contributed by atoms with Gasteiger partial charge in [-0.05, 0) is 50.6 Å². The molecule has 0 aliphatic carbocycles. The first kappa shape index (κ1) is 25.7. The number of piperazine rings is 1. The van der Waals surface area contributed by atoms with Gasteiger partial charge in [-0.2, -0.15) is 0 Å². The number of aromatic nitrogens is 1. The van der Waals surface area contributed by atoms with E-state index in [-0.39, 0.29) is 11.4 Å². The second kappa shape index (κ2) is 9.94. The van der Waals surface area contributed by atoms with Crippen molar-refractivity contribution in [2.24, 2.45) is 0 Å². The van der Waals surface area contributed by atoms with Crippen LogP contribution in [0.25, 0.3) is 10.9 Å². The first-order chi connectivity index (χ1) is 17.0. The molecule has 2 heterocycles. The number of nitrogens with zero attached hydrogens (tertiary/aromatic N) is 3. The Morgan fingerprint density at radius 3 is 2.39 bits per heavy atom. The van der Waals surface area contributed by atoms with Crippen LogP contribution in [0.3, 0.4) is 0 Å². The summed E-state index contributed by atoms with van der Waals surface area (Å²) in [6, 6.07) is 14.8. The maximum atomic E-state index is 13.2. The molecule has 0 N–H and O–H groups in total. The average molecular weight is 514 g/mol. The quantitative estimate of drug-likeness (QED) is 0.482. The third-order valence-corrected chi connectivity index (χ3v) is 7.75. The smallest absolute Gasteiger partial charge is 0.411 e. The van der Waals surface area contributed by atoms with Crippen LogP contribution >= 0.6 is 0 Å². The molecule has 9 nitrogen and oxygen atoms in total. The van der Waals surface area contributed by atoms with E-state index < -0.39 is 33.7 Å². The highest BCUT2D eigenvalue weighted by atomic mass is 32.2. The summed E-state index contributed by atoms with van der Waals surface area (Å²) in [5, 5.41) is 0.807. The van der Waals surface area contributed by atoms with E-state index in [9.17, 15) is 18.0 Å². The summed E-state index contributed by atoms with van der Waals surface area (Å²) in [4.78, 5) is 28.9. The molecule has 0 bridgehead atoms. The molecule has 3 aromatic rings. The van der Waals surface area contributed by atoms with Gasteiger partial charge in [-0.15, -0.1) is 0 Å². The van der Waals surface area contributed by atoms with Crippen molar-refractivity contribution < 1.29 is 27.5 Å². The predicted octanol–water partition coefficient (Wildman–Crippen LogP) is 3.47. The Morgan fingerprint density at radius 1 is 1.00 bits per heavy atom. The second-order valence-corrected chi connectivity index (χ2v) is 11.5. The van der Waals surface area contributed by atoms with Gasteiger partial charge in [0.15, 0.2) is 0 Å². The van der Waals surface area contributed by atoms with E-state index in [0.29, 0.717) is 25.2 Å². The minimum Gasteiger partial charge on any atom is -0.467 e. The zero-order valence-electron chi connectivity index (χ0n) is 20.9. The van der Waals surface area contributed by atoms with Gasteiger partial charge in [-0.25, -0.2) is 22.0 Å². The largest absolute Gasteiger partial charge is 0.467 e. The van der Waals surface area contributed by atoms with E-state index in [0.717, 1.165) is 10.9 Å². The fourth-order valence-electron chi connectivity index (χ4n) is 4.36. The zero-order chi connectivity index (χ0) is 26.1. The number of hydrogen-bond acceptors (Lipinski definition) is 7. The van der Waals surface area contributed by atoms with Gasteiger partial charge in [-0.3, -0.25) is 9.80 Å². The number of fused-ring (bicyclic) bond motifs is 1. The van der Waals surface area contributed by atoms with Crippen molar-refractivity contribution in [3.8, 4) is 0 Å². The van der Waals surface area contributed by atoms with E-state index >= 15 is 0 Å². The number of benzene rings is 2. The minimum atomic E-state index is -3.74. The number of carbonyl (C=O) groups is 2. The third kappa shape index (κ3) is 5.24. The molecule has 1 fully saturated rings. The monoisotopic (exact) mass is 513 g/mol. The summed E-state index contributed by atoms with van der Waals surface area (Å²) in [6.45, 7) is 6.89. The summed E-state index contributed by atoms with van der Waals surface area (Å²) in [5.41, 5.74) is 0.815. The van der Waals surface area contributed by atoms with Crippen LogP contribution < -0.4 is 0 Å². The molecule has 1 unspecified atom stereocenters. The lowest BCUT2D eigenvalue weighted by Crippen LogP contribution is -2.59. The van der Waals surface area contributed by atoms with Gasteiger partial charge in [0.05, 0.1) is 17.5 Å². The Balaban J connectivity index is 1.58. The molecule has 0 radical (unpaired) electrons. The number of methoxy groups -OCH3 is 1. The highest BCUT2D eigenvalue weighted by Gasteiger charge is 2.38. The Kier molecular flexibility index (Phi) is 7.10. The highest BCUT2D eigenvalue weighted by Crippen LogP contribution is 2.27. The van der Waals surface area contributed by atoms with Gasteiger partial charge >= 0.3 is 12.1 Å². The summed E-state index contributed by atoms with van der Waals surface area (Å²) in [7, 11) is -2.45. The van der Waals surface area contributed by atoms with Crippen molar-refractivity contribution >= 4 is 33.0 Å². The lowest BCUT2D eigenvalue weighted by Gasteiger charge is -2.40. The molecule has 0 spiro atoms. The van der Waals surface area contributed by atoms with Gasteiger partial charge in [0.25, 0.3) is 10.0 Å². The van der Waals surface area contributed by atoms with Crippen LogP contribution in [0.2, 0.25) is 0 Å². The molecule has 1 atom stereocenters. The van der Waals surface area contributed by atoms with Crippen molar-refractivity contribution in [3.63, 3.8) is 0 Å². The van der Waals surface area contributed by atoms with Crippen molar-refractivity contribution in [2.75, 3.05) is 26.7 Å². The van der Waals surface area contributed by atoms with Crippen molar-refractivity contribution in [2.45, 2.75) is 43.9 Å². The fraction of sp³-hybridized carbons (Fsp3) is 0.385. The van der Waals surface area contributed by atoms with Gasteiger partial charge in [-0.1, -0.05) is 30.3 Å². The Hall–Kier alpha value is -3.37. The SMILES string of the molecule is COC(=O)C1CN(Cc2cccc3c2ccn3S(=O)(=O)c2ccccc2)CCN1C(=O)OC(C)(C)C. The van der Waals surface area contributed by atoms with Crippen LogP contribution in [-0.4, -0.2) is 72.6 Å². The van der Waals surface area contributed by atoms with E-state index in [4.69, 9.17) is 9.47 Å². The van der Waals surface area contributed by atoms with E-state index in [1.807, 2.05) is 12.1 Å². The molecule has 1 amide bonds. The molecule has 192 valence electrons. The first-order valence-electron chi connectivity index (χ1n) is 11.7. The lowest BCUT2D eigenvalue weighted by molar-refractivity contribution is -0.149. The number of rotatable bonds is 5.